The van der Waals surface area contributed by atoms with Crippen LogP contribution in [0.25, 0.3) is 11.3 Å². The van der Waals surface area contributed by atoms with E-state index in [1.807, 2.05) is 66.7 Å². The molecule has 5 heteroatoms. The third-order valence-corrected chi connectivity index (χ3v) is 3.96. The molecule has 0 N–H and O–H groups in total. The highest BCUT2D eigenvalue weighted by atomic mass is 16.5. The minimum atomic E-state index is -0.636. The largest absolute Gasteiger partial charge is 0.367 e. The van der Waals surface area contributed by atoms with Gasteiger partial charge in [-0.1, -0.05) is 65.8 Å². The first kappa shape index (κ1) is 16.9. The highest BCUT2D eigenvalue weighted by molar-refractivity contribution is 5.82. The third kappa shape index (κ3) is 3.95. The maximum atomic E-state index is 12.7. The zero-order valence-corrected chi connectivity index (χ0v) is 14.3. The molecule has 0 aliphatic heterocycles. The van der Waals surface area contributed by atoms with Crippen molar-refractivity contribution in [1.82, 2.24) is 10.1 Å². The van der Waals surface area contributed by atoms with Crippen molar-refractivity contribution in [3.8, 4) is 11.3 Å². The van der Waals surface area contributed by atoms with Gasteiger partial charge in [0.2, 0.25) is 0 Å². The predicted octanol–water partition coefficient (Wildman–Crippen LogP) is 3.69. The van der Waals surface area contributed by atoms with E-state index in [1.54, 1.807) is 11.9 Å². The molecule has 3 aromatic rings. The molecule has 0 spiro atoms. The van der Waals surface area contributed by atoms with Gasteiger partial charge in [0.1, 0.15) is 5.69 Å². The lowest BCUT2D eigenvalue weighted by atomic mass is 10.1. The Balaban J connectivity index is 1.70. The lowest BCUT2D eigenvalue weighted by Gasteiger charge is -2.22. The molecule has 128 valence electrons. The summed E-state index contributed by atoms with van der Waals surface area (Å²) in [5, 5.41) is 4.08. The molecule has 0 aliphatic rings. The molecule has 1 amide bonds. The Morgan fingerprint density at radius 1 is 1.12 bits per heavy atom. The smallest absolute Gasteiger partial charge is 0.256 e. The van der Waals surface area contributed by atoms with Crippen LogP contribution in [0.2, 0.25) is 0 Å². The average molecular weight is 336 g/mol. The molecule has 1 heterocycles. The van der Waals surface area contributed by atoms with Crippen molar-refractivity contribution < 1.29 is 14.1 Å². The number of carbonyl (C=O) groups excluding carboxylic acids is 1. The third-order valence-electron chi connectivity index (χ3n) is 3.96. The summed E-state index contributed by atoms with van der Waals surface area (Å²) in [6.45, 7) is 0.325. The molecule has 1 aromatic heterocycles. The summed E-state index contributed by atoms with van der Waals surface area (Å²) in [6.07, 6.45) is -0.636. The maximum absolute atomic E-state index is 12.7. The van der Waals surface area contributed by atoms with Crippen LogP contribution in [0.3, 0.4) is 0 Å². The van der Waals surface area contributed by atoms with E-state index in [4.69, 9.17) is 9.26 Å². The number of hydrogen-bond acceptors (Lipinski definition) is 4. The topological polar surface area (TPSA) is 55.6 Å². The second kappa shape index (κ2) is 7.77. The fourth-order valence-electron chi connectivity index (χ4n) is 2.65. The second-order valence-electron chi connectivity index (χ2n) is 5.77. The number of likely N-dealkylation sites (N-methyl/N-ethyl adjacent to an activating group) is 1. The van der Waals surface area contributed by atoms with Gasteiger partial charge in [-0.3, -0.25) is 4.79 Å². The fourth-order valence-corrected chi connectivity index (χ4v) is 2.65. The number of aromatic nitrogens is 1. The molecule has 2 aromatic carbocycles. The molecular weight excluding hydrogens is 316 g/mol. The lowest BCUT2D eigenvalue weighted by Crippen LogP contribution is -2.32. The van der Waals surface area contributed by atoms with Crippen LogP contribution in [0.1, 0.15) is 17.4 Å². The second-order valence-corrected chi connectivity index (χ2v) is 5.77. The molecule has 0 unspecified atom stereocenters. The Morgan fingerprint density at radius 3 is 2.40 bits per heavy atom. The summed E-state index contributed by atoms with van der Waals surface area (Å²) in [5.74, 6) is 0.490. The van der Waals surface area contributed by atoms with Crippen LogP contribution >= 0.6 is 0 Å². The molecule has 5 nitrogen and oxygen atoms in total. The quantitative estimate of drug-likeness (QED) is 0.689. The molecule has 25 heavy (non-hydrogen) atoms. The Hall–Kier alpha value is -2.92. The van der Waals surface area contributed by atoms with Gasteiger partial charge >= 0.3 is 0 Å². The van der Waals surface area contributed by atoms with Crippen molar-refractivity contribution in [3.05, 3.63) is 78.1 Å². The zero-order valence-electron chi connectivity index (χ0n) is 14.3. The van der Waals surface area contributed by atoms with Crippen LogP contribution in [0, 0.1) is 0 Å². The SMILES string of the molecule is CO[C@@H](C(=O)N(C)Cc1cc(-c2ccccc2)no1)c1ccccc1. The van der Waals surface area contributed by atoms with Gasteiger partial charge < -0.3 is 14.2 Å². The number of carbonyl (C=O) groups is 1. The minimum absolute atomic E-state index is 0.133. The number of amides is 1. The molecule has 0 aliphatic carbocycles. The van der Waals surface area contributed by atoms with E-state index in [9.17, 15) is 4.79 Å². The molecule has 0 radical (unpaired) electrons. The van der Waals surface area contributed by atoms with E-state index < -0.39 is 6.10 Å². The summed E-state index contributed by atoms with van der Waals surface area (Å²) in [4.78, 5) is 14.3. The average Bonchev–Trinajstić information content (AvgIpc) is 3.12. The minimum Gasteiger partial charge on any atom is -0.367 e. The Bertz CT molecular complexity index is 815. The highest BCUT2D eigenvalue weighted by Gasteiger charge is 2.24. The van der Waals surface area contributed by atoms with Crippen LogP contribution in [-0.4, -0.2) is 30.1 Å². The van der Waals surface area contributed by atoms with E-state index in [-0.39, 0.29) is 5.91 Å². The number of methoxy groups -OCH3 is 1. The van der Waals surface area contributed by atoms with Gasteiger partial charge in [0.15, 0.2) is 11.9 Å². The molecule has 1 atom stereocenters. The van der Waals surface area contributed by atoms with Gasteiger partial charge in [0.05, 0.1) is 6.54 Å². The van der Waals surface area contributed by atoms with Gasteiger partial charge in [-0.2, -0.15) is 0 Å². The van der Waals surface area contributed by atoms with E-state index in [1.165, 1.54) is 7.11 Å². The van der Waals surface area contributed by atoms with Gasteiger partial charge in [0, 0.05) is 25.8 Å². The number of benzene rings is 2. The maximum Gasteiger partial charge on any atom is 0.256 e. The first-order chi connectivity index (χ1) is 12.2. The Kier molecular flexibility index (Phi) is 5.26. The molecule has 0 saturated heterocycles. The summed E-state index contributed by atoms with van der Waals surface area (Å²) in [7, 11) is 3.26. The van der Waals surface area contributed by atoms with E-state index in [2.05, 4.69) is 5.16 Å². The summed E-state index contributed by atoms with van der Waals surface area (Å²) >= 11 is 0. The predicted molar refractivity (Wildman–Crippen MR) is 94.6 cm³/mol. The molecular formula is C20H20N2O3. The lowest BCUT2D eigenvalue weighted by molar-refractivity contribution is -0.141. The van der Waals surface area contributed by atoms with E-state index in [0.717, 1.165) is 16.8 Å². The Morgan fingerprint density at radius 2 is 1.76 bits per heavy atom. The number of rotatable bonds is 6. The van der Waals surface area contributed by atoms with Crippen molar-refractivity contribution in [3.63, 3.8) is 0 Å². The summed E-state index contributed by atoms with van der Waals surface area (Å²) in [5.41, 5.74) is 2.55. The Labute approximate surface area is 146 Å². The van der Waals surface area contributed by atoms with Crippen LogP contribution < -0.4 is 0 Å². The van der Waals surface area contributed by atoms with Crippen molar-refractivity contribution in [2.75, 3.05) is 14.2 Å². The molecule has 3 rings (SSSR count). The number of nitrogens with zero attached hydrogens (tertiary/aromatic N) is 2. The van der Waals surface area contributed by atoms with Crippen LogP contribution in [-0.2, 0) is 16.1 Å². The number of ether oxygens (including phenoxy) is 1. The van der Waals surface area contributed by atoms with Gasteiger partial charge in [-0.15, -0.1) is 0 Å². The standard InChI is InChI=1S/C20H20N2O3/c1-22(20(23)19(24-2)16-11-7-4-8-12-16)14-17-13-18(21-25-17)15-9-5-3-6-10-15/h3-13,19H,14H2,1-2H3/t19-/m1/s1. The zero-order chi connectivity index (χ0) is 17.6. The summed E-state index contributed by atoms with van der Waals surface area (Å²) < 4.78 is 10.8. The van der Waals surface area contributed by atoms with E-state index >= 15 is 0 Å². The first-order valence-corrected chi connectivity index (χ1v) is 8.03. The summed E-state index contributed by atoms with van der Waals surface area (Å²) in [6, 6.07) is 21.1. The first-order valence-electron chi connectivity index (χ1n) is 8.03. The van der Waals surface area contributed by atoms with Crippen LogP contribution in [0.5, 0.6) is 0 Å². The molecule has 0 fully saturated rings. The number of hydrogen-bond donors (Lipinski definition) is 0. The molecule has 0 bridgehead atoms. The van der Waals surface area contributed by atoms with Gasteiger partial charge in [0.25, 0.3) is 5.91 Å². The van der Waals surface area contributed by atoms with Crippen molar-refractivity contribution >= 4 is 5.91 Å². The highest BCUT2D eigenvalue weighted by Crippen LogP contribution is 2.22. The van der Waals surface area contributed by atoms with Crippen LogP contribution in [0.15, 0.2) is 71.3 Å². The van der Waals surface area contributed by atoms with Gasteiger partial charge in [-0.25, -0.2) is 0 Å². The van der Waals surface area contributed by atoms with Crippen molar-refractivity contribution in [1.29, 1.82) is 0 Å². The normalized spacial score (nSPS) is 11.9. The van der Waals surface area contributed by atoms with Crippen LogP contribution in [0.4, 0.5) is 0 Å². The van der Waals surface area contributed by atoms with Gasteiger partial charge in [-0.05, 0) is 5.56 Å². The van der Waals surface area contributed by atoms with Crippen molar-refractivity contribution in [2.45, 2.75) is 12.6 Å². The van der Waals surface area contributed by atoms with E-state index in [0.29, 0.717) is 12.3 Å². The molecule has 0 saturated carbocycles. The monoisotopic (exact) mass is 336 g/mol. The fraction of sp³-hybridized carbons (Fsp3) is 0.200. The van der Waals surface area contributed by atoms with Crippen molar-refractivity contribution in [2.24, 2.45) is 0 Å².